The van der Waals surface area contributed by atoms with Gasteiger partial charge in [-0.1, -0.05) is 6.07 Å². The van der Waals surface area contributed by atoms with E-state index in [-0.39, 0.29) is 36.7 Å². The van der Waals surface area contributed by atoms with Crippen LogP contribution < -0.4 is 4.90 Å². The zero-order chi connectivity index (χ0) is 28.7. The van der Waals surface area contributed by atoms with Gasteiger partial charge in [-0.25, -0.2) is 14.3 Å². The van der Waals surface area contributed by atoms with E-state index in [1.807, 2.05) is 0 Å². The number of ether oxygens (including phenoxy) is 1. The van der Waals surface area contributed by atoms with Crippen LogP contribution in [0.4, 0.5) is 11.4 Å². The number of amides is 1. The van der Waals surface area contributed by atoms with E-state index in [0.717, 1.165) is 0 Å². The fraction of sp³-hybridized carbons (Fsp3) is 0.667. The summed E-state index contributed by atoms with van der Waals surface area (Å²) in [6, 6.07) is 2.99. The van der Waals surface area contributed by atoms with Crippen LogP contribution in [0.3, 0.4) is 0 Å². The number of nitro benzene ring substituents is 1. The summed E-state index contributed by atoms with van der Waals surface area (Å²) in [5, 5.41) is 11.7. The van der Waals surface area contributed by atoms with Gasteiger partial charge >= 0.3 is 13.8 Å². The Labute approximate surface area is 222 Å². The average molecular weight is 561 g/mol. The molecule has 0 unspecified atom stereocenters. The molecule has 13 nitrogen and oxygen atoms in total. The number of hydrogen-bond acceptors (Lipinski definition) is 11. The third kappa shape index (κ3) is 10.0. The summed E-state index contributed by atoms with van der Waals surface area (Å²) in [6.07, 6.45) is 1.07. The van der Waals surface area contributed by atoms with Crippen LogP contribution in [0.15, 0.2) is 12.1 Å². The quantitative estimate of drug-likeness (QED) is 0.0801. The molecule has 0 atom stereocenters. The van der Waals surface area contributed by atoms with Crippen LogP contribution in [0.2, 0.25) is 0 Å². The van der Waals surface area contributed by atoms with Crippen molar-refractivity contribution in [2.24, 2.45) is 0 Å². The topological polar surface area (TPSA) is 153 Å². The number of anilines is 1. The van der Waals surface area contributed by atoms with Crippen molar-refractivity contribution in [1.29, 1.82) is 0 Å². The minimum absolute atomic E-state index is 0.0763. The van der Waals surface area contributed by atoms with E-state index in [9.17, 15) is 24.3 Å². The molecule has 2 rings (SSSR count). The van der Waals surface area contributed by atoms with Crippen molar-refractivity contribution in [3.05, 3.63) is 33.4 Å². The first-order chi connectivity index (χ1) is 17.5. The van der Waals surface area contributed by atoms with Crippen molar-refractivity contribution < 1.29 is 47.5 Å². The molecule has 38 heavy (non-hydrogen) atoms. The third-order valence-electron chi connectivity index (χ3n) is 4.97. The monoisotopic (exact) mass is 560 g/mol. The Balaban J connectivity index is 1.97. The largest absolute Gasteiger partial charge is 0.529 e. The zero-order valence-electron chi connectivity index (χ0n) is 22.9. The van der Waals surface area contributed by atoms with E-state index < -0.39 is 29.9 Å². The van der Waals surface area contributed by atoms with Crippen LogP contribution in [-0.2, 0) is 55.4 Å². The summed E-state index contributed by atoms with van der Waals surface area (Å²) in [6.45, 7) is 10.3. The molecule has 1 heterocycles. The fourth-order valence-corrected chi connectivity index (χ4v) is 4.47. The number of esters is 1. The van der Waals surface area contributed by atoms with Crippen molar-refractivity contribution in [3.63, 3.8) is 0 Å². The highest BCUT2D eigenvalue weighted by Gasteiger charge is 2.35. The van der Waals surface area contributed by atoms with E-state index >= 15 is 0 Å². The number of benzene rings is 1. The van der Waals surface area contributed by atoms with Gasteiger partial charge in [0, 0.05) is 19.0 Å². The fourth-order valence-electron chi connectivity index (χ4n) is 3.38. The van der Waals surface area contributed by atoms with Crippen molar-refractivity contribution in [2.45, 2.75) is 84.8 Å². The number of hydrogen-bond donors (Lipinski definition) is 0. The SMILES string of the molecule is COC(=O)Cc1cc2c(c([N+](=O)[O-])c1)N(C(=O)CCCCOP(=O)(OOC(C)(C)C)OOC(C)(C)C)CC2. The number of rotatable bonds is 13. The molecule has 1 aliphatic heterocycles. The van der Waals surface area contributed by atoms with Crippen molar-refractivity contribution in [2.75, 3.05) is 25.2 Å². The van der Waals surface area contributed by atoms with E-state index in [4.69, 9.17) is 23.6 Å². The molecule has 1 aromatic rings. The molecule has 0 saturated carbocycles. The standard InChI is InChI=1S/C24H37N2O11P/c1-23(2,3)34-36-38(31,37-35-24(4,5)6)33-13-9-8-10-20(27)25-12-11-18-14-17(16-21(28)32-7)15-19(22(18)25)26(29)30/h14-15H,8-13,16H2,1-7H3. The number of fused-ring (bicyclic) bond motifs is 1. The Morgan fingerprint density at radius 1 is 1.05 bits per heavy atom. The molecule has 0 radical (unpaired) electrons. The van der Waals surface area contributed by atoms with Crippen molar-refractivity contribution in [3.8, 4) is 0 Å². The highest BCUT2D eigenvalue weighted by atomic mass is 31.2. The van der Waals surface area contributed by atoms with Gasteiger partial charge < -0.3 is 9.64 Å². The van der Waals surface area contributed by atoms with Gasteiger partial charge in [0.25, 0.3) is 5.69 Å². The molecule has 0 fully saturated rings. The van der Waals surface area contributed by atoms with E-state index in [1.165, 1.54) is 18.1 Å². The van der Waals surface area contributed by atoms with Gasteiger partial charge in [-0.2, -0.15) is 0 Å². The van der Waals surface area contributed by atoms with Gasteiger partial charge in [0.1, 0.15) is 5.69 Å². The molecule has 0 N–H and O–H groups in total. The molecule has 0 bridgehead atoms. The second kappa shape index (κ2) is 13.1. The summed E-state index contributed by atoms with van der Waals surface area (Å²) in [5.74, 6) is -0.807. The van der Waals surface area contributed by atoms with Crippen LogP contribution in [0.25, 0.3) is 0 Å². The molecular weight excluding hydrogens is 523 g/mol. The van der Waals surface area contributed by atoms with Gasteiger partial charge in [0.05, 0.1) is 36.3 Å². The van der Waals surface area contributed by atoms with Gasteiger partial charge in [-0.05, 0) is 71.9 Å². The van der Waals surface area contributed by atoms with Crippen molar-refractivity contribution >= 4 is 31.1 Å². The lowest BCUT2D eigenvalue weighted by atomic mass is 10.0. The zero-order valence-corrected chi connectivity index (χ0v) is 23.8. The molecule has 0 aromatic heterocycles. The van der Waals surface area contributed by atoms with E-state index in [1.54, 1.807) is 47.6 Å². The Bertz CT molecular complexity index is 1040. The number of unbranched alkanes of at least 4 members (excludes halogenated alkanes) is 1. The summed E-state index contributed by atoms with van der Waals surface area (Å²) in [4.78, 5) is 47.3. The maximum absolute atomic E-state index is 12.9. The number of methoxy groups -OCH3 is 1. The maximum Gasteiger partial charge on any atom is 0.529 e. The first kappa shape index (κ1) is 31.8. The number of carbonyl (C=O) groups is 2. The predicted molar refractivity (Wildman–Crippen MR) is 136 cm³/mol. The Kier molecular flexibility index (Phi) is 11.0. The Morgan fingerprint density at radius 2 is 1.66 bits per heavy atom. The first-order valence-corrected chi connectivity index (χ1v) is 13.7. The van der Waals surface area contributed by atoms with Gasteiger partial charge in [0.2, 0.25) is 5.91 Å². The molecule has 0 saturated heterocycles. The van der Waals surface area contributed by atoms with Gasteiger partial charge in [0.15, 0.2) is 0 Å². The van der Waals surface area contributed by atoms with E-state index in [2.05, 4.69) is 4.74 Å². The molecule has 1 aromatic carbocycles. The summed E-state index contributed by atoms with van der Waals surface area (Å²) in [7, 11) is -2.98. The molecule has 0 spiro atoms. The smallest absolute Gasteiger partial charge is 0.469 e. The first-order valence-electron chi connectivity index (χ1n) is 12.2. The molecule has 1 aliphatic rings. The van der Waals surface area contributed by atoms with Gasteiger partial charge in [-0.15, -0.1) is 9.35 Å². The molecule has 1 amide bonds. The molecule has 0 aliphatic carbocycles. The van der Waals surface area contributed by atoms with Crippen LogP contribution >= 0.6 is 7.82 Å². The number of nitro groups is 1. The molecule has 14 heteroatoms. The maximum atomic E-state index is 12.9. The second-order valence-electron chi connectivity index (χ2n) is 10.7. The molecular formula is C24H37N2O11P. The van der Waals surface area contributed by atoms with Crippen LogP contribution in [0.5, 0.6) is 0 Å². The highest BCUT2D eigenvalue weighted by molar-refractivity contribution is 7.48. The number of carbonyl (C=O) groups excluding carboxylic acids is 2. The lowest BCUT2D eigenvalue weighted by Crippen LogP contribution is -2.29. The van der Waals surface area contributed by atoms with Crippen LogP contribution in [0.1, 0.15) is 71.9 Å². The number of nitrogens with zero attached hydrogens (tertiary/aromatic N) is 2. The Hall–Kier alpha value is -2.41. The lowest BCUT2D eigenvalue weighted by Gasteiger charge is -2.24. The summed E-state index contributed by atoms with van der Waals surface area (Å²) < 4.78 is 32.7. The highest BCUT2D eigenvalue weighted by Crippen LogP contribution is 2.51. The lowest BCUT2D eigenvalue weighted by molar-refractivity contribution is -0.384. The average Bonchev–Trinajstić information content (AvgIpc) is 3.24. The third-order valence-corrected chi connectivity index (χ3v) is 5.98. The molecule has 214 valence electrons. The summed E-state index contributed by atoms with van der Waals surface area (Å²) in [5.41, 5.74) is -0.481. The number of phosphoric acid groups is 1. The van der Waals surface area contributed by atoms with E-state index in [0.29, 0.717) is 36.9 Å². The van der Waals surface area contributed by atoms with Crippen LogP contribution in [-0.4, -0.2) is 48.3 Å². The minimum Gasteiger partial charge on any atom is -0.469 e. The normalized spacial score (nSPS) is 13.9. The van der Waals surface area contributed by atoms with Crippen LogP contribution in [0, 0.1) is 10.1 Å². The minimum atomic E-state index is -4.22. The second-order valence-corrected chi connectivity index (χ2v) is 12.2. The van der Waals surface area contributed by atoms with Gasteiger partial charge in [-0.3, -0.25) is 24.2 Å². The Morgan fingerprint density at radius 3 is 2.18 bits per heavy atom. The van der Waals surface area contributed by atoms with Crippen molar-refractivity contribution in [1.82, 2.24) is 0 Å². The summed E-state index contributed by atoms with van der Waals surface area (Å²) >= 11 is 0. The predicted octanol–water partition coefficient (Wildman–Crippen LogP) is 4.99.